The van der Waals surface area contributed by atoms with Crippen molar-refractivity contribution in [3.8, 4) is 0 Å². The van der Waals surface area contributed by atoms with Crippen LogP contribution in [0.1, 0.15) is 19.3 Å². The fourth-order valence-electron chi connectivity index (χ4n) is 1.87. The molecule has 80 valence electrons. The molecule has 0 aromatic rings. The summed E-state index contributed by atoms with van der Waals surface area (Å²) in [6.45, 7) is 3.62. The van der Waals surface area contributed by atoms with Crippen LogP contribution in [0.15, 0.2) is 48.4 Å². The highest BCUT2D eigenvalue weighted by atomic mass is 16.3. The second-order valence-corrected chi connectivity index (χ2v) is 4.04. The second-order valence-electron chi connectivity index (χ2n) is 4.04. The average molecular weight is 204 g/mol. The lowest BCUT2D eigenvalue weighted by Crippen LogP contribution is -2.40. The zero-order valence-corrected chi connectivity index (χ0v) is 8.69. The molecule has 15 heavy (non-hydrogen) atoms. The lowest BCUT2D eigenvalue weighted by molar-refractivity contribution is 0.00443. The number of hydrogen-bond donors (Lipinski definition) is 2. The molecule has 2 aliphatic rings. The van der Waals surface area contributed by atoms with Gasteiger partial charge < -0.3 is 5.11 Å². The molecule has 0 bridgehead atoms. The molecule has 1 aliphatic heterocycles. The van der Waals surface area contributed by atoms with E-state index in [2.05, 4.69) is 6.58 Å². The largest absolute Gasteiger partial charge is 0.385 e. The first-order valence-corrected chi connectivity index (χ1v) is 5.15. The van der Waals surface area contributed by atoms with Gasteiger partial charge in [0.1, 0.15) is 0 Å². The van der Waals surface area contributed by atoms with Crippen molar-refractivity contribution in [3.63, 3.8) is 0 Å². The summed E-state index contributed by atoms with van der Waals surface area (Å²) in [5.41, 5.74) is 1.13. The van der Waals surface area contributed by atoms with Crippen LogP contribution in [0, 0.1) is 0 Å². The molecule has 0 saturated heterocycles. The Balaban J connectivity index is 2.19. The van der Waals surface area contributed by atoms with Gasteiger partial charge in [0.05, 0.1) is 11.3 Å². The van der Waals surface area contributed by atoms with Crippen molar-refractivity contribution >= 4 is 0 Å². The van der Waals surface area contributed by atoms with E-state index in [0.29, 0.717) is 0 Å². The molecular formula is C12H16N2O. The Bertz CT molecular complexity index is 362. The van der Waals surface area contributed by atoms with Crippen molar-refractivity contribution in [2.45, 2.75) is 24.9 Å². The summed E-state index contributed by atoms with van der Waals surface area (Å²) in [5, 5.41) is 11.6. The minimum atomic E-state index is -0.645. The van der Waals surface area contributed by atoms with E-state index in [1.165, 1.54) is 5.01 Å². The van der Waals surface area contributed by atoms with E-state index < -0.39 is 5.60 Å². The summed E-state index contributed by atoms with van der Waals surface area (Å²) in [7, 11) is 0. The maximum absolute atomic E-state index is 10.1. The lowest BCUT2D eigenvalue weighted by Gasteiger charge is -2.39. The Morgan fingerprint density at radius 3 is 2.67 bits per heavy atom. The van der Waals surface area contributed by atoms with Crippen LogP contribution in [-0.2, 0) is 0 Å². The summed E-state index contributed by atoms with van der Waals surface area (Å²) in [6, 6.07) is 0. The van der Waals surface area contributed by atoms with Crippen LogP contribution < -0.4 is 5.84 Å². The third-order valence-electron chi connectivity index (χ3n) is 3.02. The smallest absolute Gasteiger partial charge is 0.0911 e. The van der Waals surface area contributed by atoms with Gasteiger partial charge in [-0.1, -0.05) is 18.7 Å². The van der Waals surface area contributed by atoms with Crippen molar-refractivity contribution < 1.29 is 5.11 Å². The molecule has 1 saturated carbocycles. The van der Waals surface area contributed by atoms with E-state index in [-0.39, 0.29) is 0 Å². The number of rotatable bonds is 2. The topological polar surface area (TPSA) is 49.5 Å². The van der Waals surface area contributed by atoms with E-state index in [1.54, 1.807) is 12.3 Å². The van der Waals surface area contributed by atoms with Gasteiger partial charge in [-0.2, -0.15) is 0 Å². The van der Waals surface area contributed by atoms with E-state index in [0.717, 1.165) is 30.5 Å². The van der Waals surface area contributed by atoms with E-state index in [9.17, 15) is 5.11 Å². The quantitative estimate of drug-likeness (QED) is 0.672. The third kappa shape index (κ3) is 1.76. The van der Waals surface area contributed by atoms with Gasteiger partial charge >= 0.3 is 0 Å². The highest BCUT2D eigenvalue weighted by molar-refractivity contribution is 5.40. The maximum Gasteiger partial charge on any atom is 0.0911 e. The number of hydrogen-bond acceptors (Lipinski definition) is 3. The predicted octanol–water partition coefficient (Wildman–Crippen LogP) is 1.60. The Labute approximate surface area is 89.8 Å². The molecule has 1 heterocycles. The molecule has 0 aromatic carbocycles. The minimum Gasteiger partial charge on any atom is -0.385 e. The molecule has 3 heteroatoms. The van der Waals surface area contributed by atoms with Crippen LogP contribution in [0.4, 0.5) is 0 Å². The Morgan fingerprint density at radius 1 is 1.47 bits per heavy atom. The second kappa shape index (κ2) is 3.68. The molecule has 2 rings (SSSR count). The number of nitrogens with two attached hydrogens (primary N) is 1. The van der Waals surface area contributed by atoms with Gasteiger partial charge in [0.25, 0.3) is 0 Å². The lowest BCUT2D eigenvalue weighted by atomic mass is 9.74. The number of hydrazine groups is 1. The van der Waals surface area contributed by atoms with Crippen LogP contribution in [-0.4, -0.2) is 15.7 Å². The standard InChI is InChI=1S/C12H16N2O/c1-2-4-11-6-5-10(9-14(11)13)12(15)7-3-8-12/h2,4-6,9,15H,1,3,7-8,13H2/b11-4-. The maximum atomic E-state index is 10.1. The first-order chi connectivity index (χ1) is 7.15. The fourth-order valence-corrected chi connectivity index (χ4v) is 1.87. The zero-order chi connectivity index (χ0) is 10.9. The molecule has 0 amide bonds. The monoisotopic (exact) mass is 204 g/mol. The molecule has 0 spiro atoms. The van der Waals surface area contributed by atoms with Gasteiger partial charge in [-0.15, -0.1) is 0 Å². The third-order valence-corrected chi connectivity index (χ3v) is 3.02. The van der Waals surface area contributed by atoms with Crippen LogP contribution in [0.25, 0.3) is 0 Å². The van der Waals surface area contributed by atoms with Crippen molar-refractivity contribution in [1.82, 2.24) is 5.01 Å². The van der Waals surface area contributed by atoms with Crippen LogP contribution in [0.5, 0.6) is 0 Å². The van der Waals surface area contributed by atoms with Crippen molar-refractivity contribution in [3.05, 3.63) is 48.4 Å². The Morgan fingerprint density at radius 2 is 2.20 bits per heavy atom. The number of aliphatic hydroxyl groups is 1. The molecule has 3 nitrogen and oxygen atoms in total. The Kier molecular flexibility index (Phi) is 2.50. The zero-order valence-electron chi connectivity index (χ0n) is 8.69. The predicted molar refractivity (Wildman–Crippen MR) is 60.3 cm³/mol. The molecule has 0 aromatic heterocycles. The molecule has 0 unspecified atom stereocenters. The van der Waals surface area contributed by atoms with Gasteiger partial charge in [-0.25, -0.2) is 5.84 Å². The van der Waals surface area contributed by atoms with E-state index in [1.807, 2.05) is 18.2 Å². The summed E-state index contributed by atoms with van der Waals surface area (Å²) < 4.78 is 0. The minimum absolute atomic E-state index is 0.645. The Hall–Kier alpha value is -1.32. The number of allylic oxidation sites excluding steroid dienone is 3. The molecular weight excluding hydrogens is 188 g/mol. The van der Waals surface area contributed by atoms with Crippen molar-refractivity contribution in [1.29, 1.82) is 0 Å². The fraction of sp³-hybridized carbons (Fsp3) is 0.333. The van der Waals surface area contributed by atoms with Gasteiger partial charge in [-0.3, -0.25) is 5.01 Å². The normalized spacial score (nSPS) is 26.1. The SMILES string of the molecule is C=C/C=C1/C=CC(C2(O)CCC2)=CN1N. The van der Waals surface area contributed by atoms with Crippen LogP contribution in [0.2, 0.25) is 0 Å². The van der Waals surface area contributed by atoms with Gasteiger partial charge in [-0.05, 0) is 31.4 Å². The van der Waals surface area contributed by atoms with Crippen molar-refractivity contribution in [2.75, 3.05) is 0 Å². The van der Waals surface area contributed by atoms with Gasteiger partial charge in [0, 0.05) is 11.8 Å². The average Bonchev–Trinajstić information content (AvgIpc) is 2.18. The first kappa shape index (κ1) is 10.2. The molecule has 0 radical (unpaired) electrons. The van der Waals surface area contributed by atoms with Crippen LogP contribution >= 0.6 is 0 Å². The highest BCUT2D eigenvalue weighted by Gasteiger charge is 2.38. The van der Waals surface area contributed by atoms with Gasteiger partial charge in [0.15, 0.2) is 0 Å². The summed E-state index contributed by atoms with van der Waals surface area (Å²) >= 11 is 0. The van der Waals surface area contributed by atoms with Crippen molar-refractivity contribution in [2.24, 2.45) is 5.84 Å². The number of nitrogens with zero attached hydrogens (tertiary/aromatic N) is 1. The summed E-state index contributed by atoms with van der Waals surface area (Å²) in [5.74, 6) is 5.81. The molecule has 1 aliphatic carbocycles. The first-order valence-electron chi connectivity index (χ1n) is 5.15. The highest BCUT2D eigenvalue weighted by Crippen LogP contribution is 2.39. The molecule has 3 N–H and O–H groups in total. The summed E-state index contributed by atoms with van der Waals surface area (Å²) in [4.78, 5) is 0. The van der Waals surface area contributed by atoms with E-state index >= 15 is 0 Å². The summed E-state index contributed by atoms with van der Waals surface area (Å²) in [6.07, 6.45) is 11.9. The molecule has 1 fully saturated rings. The van der Waals surface area contributed by atoms with E-state index in [4.69, 9.17) is 5.84 Å². The molecule has 0 atom stereocenters. The van der Waals surface area contributed by atoms with Gasteiger partial charge in [0.2, 0.25) is 0 Å². The van der Waals surface area contributed by atoms with Crippen LogP contribution in [0.3, 0.4) is 0 Å².